The van der Waals surface area contributed by atoms with E-state index in [1.165, 1.54) is 5.56 Å². The Morgan fingerprint density at radius 2 is 2.04 bits per heavy atom. The third-order valence-corrected chi connectivity index (χ3v) is 5.40. The van der Waals surface area contributed by atoms with E-state index in [9.17, 15) is 4.79 Å². The molecule has 128 valence electrons. The van der Waals surface area contributed by atoms with Gasteiger partial charge in [0.25, 0.3) is 0 Å². The van der Waals surface area contributed by atoms with Crippen molar-refractivity contribution < 1.29 is 4.79 Å². The Morgan fingerprint density at radius 3 is 2.80 bits per heavy atom. The first-order chi connectivity index (χ1) is 12.2. The van der Waals surface area contributed by atoms with Gasteiger partial charge in [-0.25, -0.2) is 0 Å². The Labute approximate surface area is 150 Å². The van der Waals surface area contributed by atoms with Gasteiger partial charge >= 0.3 is 0 Å². The molecule has 1 aromatic carbocycles. The highest BCUT2D eigenvalue weighted by Gasteiger charge is 2.30. The van der Waals surface area contributed by atoms with Gasteiger partial charge in [-0.05, 0) is 41.3 Å². The van der Waals surface area contributed by atoms with Crippen molar-refractivity contribution in [3.05, 3.63) is 69.9 Å². The summed E-state index contributed by atoms with van der Waals surface area (Å²) >= 11 is 1.63. The van der Waals surface area contributed by atoms with E-state index in [4.69, 9.17) is 0 Å². The lowest BCUT2D eigenvalue weighted by molar-refractivity contribution is -0.132. The standard InChI is InChI=1S/C19H20N4OS/c1-14-20-21-18-12-22(19(24)10-16-7-8-25-13-16)11-17(23(14)18)9-15-5-3-2-4-6-15/h2-8,13,17H,9-12H2,1H3/t17-/m1/s1. The van der Waals surface area contributed by atoms with E-state index in [0.29, 0.717) is 19.5 Å². The quantitative estimate of drug-likeness (QED) is 0.725. The molecule has 25 heavy (non-hydrogen) atoms. The van der Waals surface area contributed by atoms with Crippen LogP contribution in [0.15, 0.2) is 47.2 Å². The van der Waals surface area contributed by atoms with Gasteiger partial charge in [0.2, 0.25) is 5.91 Å². The number of aromatic nitrogens is 3. The van der Waals surface area contributed by atoms with Crippen LogP contribution < -0.4 is 0 Å². The van der Waals surface area contributed by atoms with Crippen molar-refractivity contribution in [2.24, 2.45) is 0 Å². The summed E-state index contributed by atoms with van der Waals surface area (Å²) in [5.74, 6) is 1.95. The smallest absolute Gasteiger partial charge is 0.227 e. The second-order valence-electron chi connectivity index (χ2n) is 6.46. The molecule has 0 N–H and O–H groups in total. The molecule has 2 aromatic heterocycles. The Bertz CT molecular complexity index is 857. The van der Waals surface area contributed by atoms with E-state index >= 15 is 0 Å². The van der Waals surface area contributed by atoms with E-state index < -0.39 is 0 Å². The summed E-state index contributed by atoms with van der Waals surface area (Å²) in [5, 5.41) is 12.6. The maximum atomic E-state index is 12.8. The topological polar surface area (TPSA) is 51.0 Å². The molecule has 6 heteroatoms. The molecule has 0 fully saturated rings. The highest BCUT2D eigenvalue weighted by Crippen LogP contribution is 2.25. The molecule has 0 unspecified atom stereocenters. The zero-order valence-electron chi connectivity index (χ0n) is 14.1. The summed E-state index contributed by atoms with van der Waals surface area (Å²) in [4.78, 5) is 14.7. The highest BCUT2D eigenvalue weighted by molar-refractivity contribution is 7.08. The Morgan fingerprint density at radius 1 is 1.20 bits per heavy atom. The number of thiophene rings is 1. The summed E-state index contributed by atoms with van der Waals surface area (Å²) in [6.07, 6.45) is 1.32. The van der Waals surface area contributed by atoms with Gasteiger partial charge in [0.1, 0.15) is 5.82 Å². The molecule has 4 rings (SSSR count). The van der Waals surface area contributed by atoms with Crippen LogP contribution in [0.1, 0.15) is 28.8 Å². The fraction of sp³-hybridized carbons (Fsp3) is 0.316. The van der Waals surface area contributed by atoms with Crippen LogP contribution in [0, 0.1) is 6.92 Å². The van der Waals surface area contributed by atoms with E-state index in [1.807, 2.05) is 34.7 Å². The van der Waals surface area contributed by atoms with Crippen molar-refractivity contribution in [1.82, 2.24) is 19.7 Å². The van der Waals surface area contributed by atoms with Crippen LogP contribution in [0.3, 0.4) is 0 Å². The molecular formula is C19H20N4OS. The van der Waals surface area contributed by atoms with Crippen LogP contribution in [-0.2, 0) is 24.2 Å². The molecule has 0 spiro atoms. The molecule has 1 aliphatic rings. The van der Waals surface area contributed by atoms with Gasteiger partial charge in [0, 0.05) is 6.54 Å². The Balaban J connectivity index is 1.57. The highest BCUT2D eigenvalue weighted by atomic mass is 32.1. The number of hydrogen-bond acceptors (Lipinski definition) is 4. The van der Waals surface area contributed by atoms with Crippen LogP contribution in [0.4, 0.5) is 0 Å². The molecule has 0 saturated carbocycles. The van der Waals surface area contributed by atoms with Gasteiger partial charge < -0.3 is 9.47 Å². The van der Waals surface area contributed by atoms with E-state index in [1.54, 1.807) is 11.3 Å². The van der Waals surface area contributed by atoms with Crippen molar-refractivity contribution in [3.63, 3.8) is 0 Å². The van der Waals surface area contributed by atoms with Crippen molar-refractivity contribution >= 4 is 17.2 Å². The van der Waals surface area contributed by atoms with Gasteiger partial charge in [-0.1, -0.05) is 30.3 Å². The second-order valence-corrected chi connectivity index (χ2v) is 7.24. The lowest BCUT2D eigenvalue weighted by Gasteiger charge is -2.34. The van der Waals surface area contributed by atoms with Crippen LogP contribution in [-0.4, -0.2) is 32.1 Å². The van der Waals surface area contributed by atoms with Gasteiger partial charge in [-0.15, -0.1) is 10.2 Å². The summed E-state index contributed by atoms with van der Waals surface area (Å²) in [5.41, 5.74) is 2.34. The lowest BCUT2D eigenvalue weighted by Crippen LogP contribution is -2.42. The molecule has 1 atom stereocenters. The van der Waals surface area contributed by atoms with Crippen LogP contribution in [0.2, 0.25) is 0 Å². The minimum Gasteiger partial charge on any atom is -0.333 e. The number of carbonyl (C=O) groups is 1. The number of amides is 1. The molecule has 0 saturated heterocycles. The van der Waals surface area contributed by atoms with Crippen molar-refractivity contribution in [3.8, 4) is 0 Å². The molecule has 5 nitrogen and oxygen atoms in total. The van der Waals surface area contributed by atoms with Crippen LogP contribution in [0.25, 0.3) is 0 Å². The summed E-state index contributed by atoms with van der Waals surface area (Å²) < 4.78 is 2.20. The fourth-order valence-electron chi connectivity index (χ4n) is 3.48. The Kier molecular flexibility index (Phi) is 4.36. The van der Waals surface area contributed by atoms with E-state index in [2.05, 4.69) is 39.0 Å². The molecule has 0 aliphatic carbocycles. The minimum absolute atomic E-state index is 0.156. The summed E-state index contributed by atoms with van der Waals surface area (Å²) in [7, 11) is 0. The molecular weight excluding hydrogens is 332 g/mol. The minimum atomic E-state index is 0.156. The average Bonchev–Trinajstić information content (AvgIpc) is 3.26. The molecule has 3 aromatic rings. The second kappa shape index (κ2) is 6.80. The van der Waals surface area contributed by atoms with E-state index in [0.717, 1.165) is 23.6 Å². The Hall–Kier alpha value is -2.47. The number of benzene rings is 1. The lowest BCUT2D eigenvalue weighted by atomic mass is 10.0. The predicted molar refractivity (Wildman–Crippen MR) is 97.4 cm³/mol. The normalized spacial score (nSPS) is 16.7. The fourth-order valence-corrected chi connectivity index (χ4v) is 4.15. The first kappa shape index (κ1) is 16.0. The maximum Gasteiger partial charge on any atom is 0.227 e. The maximum absolute atomic E-state index is 12.8. The predicted octanol–water partition coefficient (Wildman–Crippen LogP) is 3.02. The zero-order valence-corrected chi connectivity index (χ0v) is 14.9. The van der Waals surface area contributed by atoms with Crippen molar-refractivity contribution in [2.75, 3.05) is 6.54 Å². The van der Waals surface area contributed by atoms with Crippen LogP contribution in [0.5, 0.6) is 0 Å². The number of hydrogen-bond donors (Lipinski definition) is 0. The van der Waals surface area contributed by atoms with Gasteiger partial charge in [0.15, 0.2) is 5.82 Å². The summed E-state index contributed by atoms with van der Waals surface area (Å²) in [6, 6.07) is 12.6. The zero-order chi connectivity index (χ0) is 17.2. The average molecular weight is 352 g/mol. The van der Waals surface area contributed by atoms with Gasteiger partial charge in [-0.3, -0.25) is 4.79 Å². The number of rotatable bonds is 4. The third kappa shape index (κ3) is 3.35. The van der Waals surface area contributed by atoms with Gasteiger partial charge in [0.05, 0.1) is 19.0 Å². The third-order valence-electron chi connectivity index (χ3n) is 4.67. The molecule has 0 radical (unpaired) electrons. The monoisotopic (exact) mass is 352 g/mol. The SMILES string of the molecule is Cc1nnc2n1[C@H](Cc1ccccc1)CN(C(=O)Cc1ccsc1)C2. The molecule has 0 bridgehead atoms. The van der Waals surface area contributed by atoms with Gasteiger partial charge in [-0.2, -0.15) is 11.3 Å². The summed E-state index contributed by atoms with van der Waals surface area (Å²) in [6.45, 7) is 3.22. The number of carbonyl (C=O) groups excluding carboxylic acids is 1. The van der Waals surface area contributed by atoms with Crippen molar-refractivity contribution in [1.29, 1.82) is 0 Å². The van der Waals surface area contributed by atoms with Crippen LogP contribution >= 0.6 is 11.3 Å². The first-order valence-corrected chi connectivity index (χ1v) is 9.38. The van der Waals surface area contributed by atoms with E-state index in [-0.39, 0.29) is 11.9 Å². The number of fused-ring (bicyclic) bond motifs is 1. The first-order valence-electron chi connectivity index (χ1n) is 8.44. The largest absolute Gasteiger partial charge is 0.333 e. The molecule has 1 amide bonds. The molecule has 1 aliphatic heterocycles. The number of aryl methyl sites for hydroxylation is 1. The molecule has 3 heterocycles. The number of nitrogens with zero attached hydrogens (tertiary/aromatic N) is 4. The van der Waals surface area contributed by atoms with Crippen molar-refractivity contribution in [2.45, 2.75) is 32.4 Å².